The molecule has 0 spiro atoms. The third kappa shape index (κ3) is 8.88. The van der Waals surface area contributed by atoms with Crippen molar-refractivity contribution in [3.8, 4) is 0 Å². The molecule has 2 heteroatoms. The first-order valence-corrected chi connectivity index (χ1v) is 6.33. The molecule has 0 heterocycles. The Morgan fingerprint density at radius 3 is 2.53 bits per heavy atom. The van der Waals surface area contributed by atoms with Crippen LogP contribution in [0, 0.1) is 11.3 Å². The van der Waals surface area contributed by atoms with Crippen molar-refractivity contribution in [3.63, 3.8) is 0 Å². The number of rotatable bonds is 9. The van der Waals surface area contributed by atoms with Gasteiger partial charge in [0.1, 0.15) is 0 Å². The summed E-state index contributed by atoms with van der Waals surface area (Å²) in [4.78, 5) is 0. The van der Waals surface area contributed by atoms with Gasteiger partial charge in [-0.2, -0.15) is 0 Å². The molecule has 0 aromatic carbocycles. The first kappa shape index (κ1) is 14.9. The monoisotopic (exact) mass is 215 g/mol. The first-order chi connectivity index (χ1) is 7.02. The average Bonchev–Trinajstić information content (AvgIpc) is 2.17. The summed E-state index contributed by atoms with van der Waals surface area (Å²) in [5, 5.41) is 12.6. The van der Waals surface area contributed by atoms with E-state index >= 15 is 0 Å². The molecule has 0 amide bonds. The maximum Gasteiger partial charge on any atom is 0.0482 e. The van der Waals surface area contributed by atoms with Gasteiger partial charge in [-0.25, -0.2) is 0 Å². The molecule has 1 unspecified atom stereocenters. The third-order valence-corrected chi connectivity index (χ3v) is 2.91. The predicted molar refractivity (Wildman–Crippen MR) is 67.0 cm³/mol. The Labute approximate surface area is 95.5 Å². The second-order valence-electron chi connectivity index (χ2n) is 5.52. The average molecular weight is 215 g/mol. The molecule has 0 aliphatic carbocycles. The standard InChI is InChI=1S/C13H29NO/c1-5-7-12(2)10-14-9-6-8-13(3,4)11-15/h12,14-15H,5-11H2,1-4H3. The van der Waals surface area contributed by atoms with Crippen LogP contribution in [-0.2, 0) is 0 Å². The van der Waals surface area contributed by atoms with Crippen LogP contribution in [0.4, 0.5) is 0 Å². The van der Waals surface area contributed by atoms with E-state index in [9.17, 15) is 0 Å². The fourth-order valence-electron chi connectivity index (χ4n) is 1.71. The molecule has 0 fully saturated rings. The lowest BCUT2D eigenvalue weighted by molar-refractivity contribution is 0.148. The lowest BCUT2D eigenvalue weighted by atomic mass is 9.89. The zero-order chi connectivity index (χ0) is 11.7. The normalized spacial score (nSPS) is 14.2. The van der Waals surface area contributed by atoms with Crippen LogP contribution in [0.1, 0.15) is 53.4 Å². The Morgan fingerprint density at radius 1 is 1.33 bits per heavy atom. The van der Waals surface area contributed by atoms with Crippen LogP contribution >= 0.6 is 0 Å². The van der Waals surface area contributed by atoms with Crippen LogP contribution in [0.15, 0.2) is 0 Å². The van der Waals surface area contributed by atoms with Crippen molar-refractivity contribution in [2.24, 2.45) is 11.3 Å². The van der Waals surface area contributed by atoms with Gasteiger partial charge in [0, 0.05) is 6.61 Å². The molecule has 0 aromatic heterocycles. The summed E-state index contributed by atoms with van der Waals surface area (Å²) in [6, 6.07) is 0. The van der Waals surface area contributed by atoms with E-state index in [4.69, 9.17) is 5.11 Å². The second kappa shape index (κ2) is 8.12. The molecule has 0 saturated carbocycles. The molecule has 2 N–H and O–H groups in total. The second-order valence-corrected chi connectivity index (χ2v) is 5.52. The number of nitrogens with one attached hydrogen (secondary N) is 1. The molecule has 0 aliphatic heterocycles. The summed E-state index contributed by atoms with van der Waals surface area (Å²) in [6.45, 7) is 11.3. The van der Waals surface area contributed by atoms with Crippen molar-refractivity contribution in [3.05, 3.63) is 0 Å². The van der Waals surface area contributed by atoms with Gasteiger partial charge in [-0.1, -0.05) is 34.1 Å². The number of hydrogen-bond donors (Lipinski definition) is 2. The van der Waals surface area contributed by atoms with Gasteiger partial charge in [0.2, 0.25) is 0 Å². The summed E-state index contributed by atoms with van der Waals surface area (Å²) in [5.74, 6) is 0.792. The van der Waals surface area contributed by atoms with E-state index in [2.05, 4.69) is 33.0 Å². The van der Waals surface area contributed by atoms with Crippen molar-refractivity contribution in [1.82, 2.24) is 5.32 Å². The first-order valence-electron chi connectivity index (χ1n) is 6.33. The van der Waals surface area contributed by atoms with Crippen molar-refractivity contribution >= 4 is 0 Å². The fourth-order valence-corrected chi connectivity index (χ4v) is 1.71. The van der Waals surface area contributed by atoms with Gasteiger partial charge in [0.15, 0.2) is 0 Å². The van der Waals surface area contributed by atoms with Crippen LogP contribution < -0.4 is 5.32 Å². The van der Waals surface area contributed by atoms with Crippen LogP contribution in [0.25, 0.3) is 0 Å². The number of hydrogen-bond acceptors (Lipinski definition) is 2. The number of aliphatic hydroxyl groups excluding tert-OH is 1. The molecule has 2 nitrogen and oxygen atoms in total. The van der Waals surface area contributed by atoms with Gasteiger partial charge >= 0.3 is 0 Å². The Morgan fingerprint density at radius 2 is 2.00 bits per heavy atom. The molecule has 0 aliphatic rings. The predicted octanol–water partition coefficient (Wildman–Crippen LogP) is 2.81. The molecule has 1 atom stereocenters. The highest BCUT2D eigenvalue weighted by Gasteiger charge is 2.15. The van der Waals surface area contributed by atoms with E-state index in [1.165, 1.54) is 12.8 Å². The summed E-state index contributed by atoms with van der Waals surface area (Å²) in [6.07, 6.45) is 4.85. The lowest BCUT2D eigenvalue weighted by Crippen LogP contribution is -2.24. The van der Waals surface area contributed by atoms with E-state index < -0.39 is 0 Å². The molecular formula is C13H29NO. The Bertz CT molecular complexity index is 145. The van der Waals surface area contributed by atoms with Crippen LogP contribution in [0.2, 0.25) is 0 Å². The highest BCUT2D eigenvalue weighted by Crippen LogP contribution is 2.20. The van der Waals surface area contributed by atoms with Crippen molar-refractivity contribution in [2.75, 3.05) is 19.7 Å². The lowest BCUT2D eigenvalue weighted by Gasteiger charge is -2.21. The van der Waals surface area contributed by atoms with Gasteiger partial charge in [0.25, 0.3) is 0 Å². The maximum absolute atomic E-state index is 9.09. The molecule has 92 valence electrons. The Balaban J connectivity index is 3.32. The third-order valence-electron chi connectivity index (χ3n) is 2.91. The van der Waals surface area contributed by atoms with Crippen LogP contribution in [0.3, 0.4) is 0 Å². The minimum Gasteiger partial charge on any atom is -0.396 e. The molecular weight excluding hydrogens is 186 g/mol. The highest BCUT2D eigenvalue weighted by atomic mass is 16.3. The smallest absolute Gasteiger partial charge is 0.0482 e. The molecule has 0 aromatic rings. The Hall–Kier alpha value is -0.0800. The molecule has 0 rings (SSSR count). The minimum atomic E-state index is 0.0940. The van der Waals surface area contributed by atoms with Crippen molar-refractivity contribution in [2.45, 2.75) is 53.4 Å². The molecule has 0 saturated heterocycles. The zero-order valence-electron chi connectivity index (χ0n) is 11.0. The van der Waals surface area contributed by atoms with Crippen molar-refractivity contribution in [1.29, 1.82) is 0 Å². The van der Waals surface area contributed by atoms with E-state index in [1.807, 2.05) is 0 Å². The quantitative estimate of drug-likeness (QED) is 0.580. The maximum atomic E-state index is 9.09. The minimum absolute atomic E-state index is 0.0940. The molecule has 0 bridgehead atoms. The summed E-state index contributed by atoms with van der Waals surface area (Å²) >= 11 is 0. The Kier molecular flexibility index (Phi) is 8.07. The van der Waals surface area contributed by atoms with Crippen molar-refractivity contribution < 1.29 is 5.11 Å². The zero-order valence-corrected chi connectivity index (χ0v) is 11.0. The summed E-state index contributed by atoms with van der Waals surface area (Å²) in [7, 11) is 0. The van der Waals surface area contributed by atoms with Gasteiger partial charge in [-0.05, 0) is 43.7 Å². The summed E-state index contributed by atoms with van der Waals surface area (Å²) in [5.41, 5.74) is 0.0940. The SMILES string of the molecule is CCCC(C)CNCCCC(C)(C)CO. The van der Waals surface area contributed by atoms with Gasteiger partial charge in [-0.3, -0.25) is 0 Å². The van der Waals surface area contributed by atoms with Gasteiger partial charge < -0.3 is 10.4 Å². The van der Waals surface area contributed by atoms with Crippen LogP contribution in [-0.4, -0.2) is 24.8 Å². The fraction of sp³-hybridized carbons (Fsp3) is 1.00. The van der Waals surface area contributed by atoms with E-state index in [0.29, 0.717) is 6.61 Å². The largest absolute Gasteiger partial charge is 0.396 e. The topological polar surface area (TPSA) is 32.3 Å². The van der Waals surface area contributed by atoms with Gasteiger partial charge in [-0.15, -0.1) is 0 Å². The summed E-state index contributed by atoms with van der Waals surface area (Å²) < 4.78 is 0. The molecule has 15 heavy (non-hydrogen) atoms. The van der Waals surface area contributed by atoms with E-state index in [0.717, 1.165) is 31.8 Å². The van der Waals surface area contributed by atoms with E-state index in [-0.39, 0.29) is 5.41 Å². The highest BCUT2D eigenvalue weighted by molar-refractivity contribution is 4.67. The molecule has 0 radical (unpaired) electrons. The van der Waals surface area contributed by atoms with Crippen LogP contribution in [0.5, 0.6) is 0 Å². The van der Waals surface area contributed by atoms with E-state index in [1.54, 1.807) is 0 Å². The number of aliphatic hydroxyl groups is 1. The van der Waals surface area contributed by atoms with Gasteiger partial charge in [0.05, 0.1) is 0 Å².